The Balaban J connectivity index is 1.58. The van der Waals surface area contributed by atoms with Crippen LogP contribution >= 0.6 is 0 Å². The average Bonchev–Trinajstić information content (AvgIpc) is 3.27. The lowest BCUT2D eigenvalue weighted by molar-refractivity contribution is -0.144. The molecule has 2 saturated carbocycles. The first-order chi connectivity index (χ1) is 14.9. The molecule has 1 aliphatic heterocycles. The number of amides is 1. The smallest absolute Gasteiger partial charge is 0.308 e. The zero-order valence-electron chi connectivity index (χ0n) is 17.1. The summed E-state index contributed by atoms with van der Waals surface area (Å²) in [4.78, 5) is 34.5. The van der Waals surface area contributed by atoms with Gasteiger partial charge >= 0.3 is 5.97 Å². The number of carbonyl (C=O) groups is 2. The molecule has 0 unspecified atom stereocenters. The van der Waals surface area contributed by atoms with Crippen LogP contribution in [0, 0.1) is 29.5 Å². The molecule has 31 heavy (non-hydrogen) atoms. The maximum absolute atomic E-state index is 14.5. The standard InChI is InChI=1S/C22H24FN5O3/c1-11(29)28-9-12-3-2-4-15(5-12)25-22-24-8-17(23)20(27-22)26-19-16-7-13(6-14(16)10-28)18(19)21(30)31/h2-5,8,13-14,16,18-19H,6-7,9-10H2,1H3,(H,30,31)(H2,24,25,26,27)/t13-,14+,16-,18+,19-/m1/s1. The van der Waals surface area contributed by atoms with Crippen LogP contribution in [-0.2, 0) is 16.1 Å². The molecule has 6 bridgehead atoms. The molecule has 2 heterocycles. The summed E-state index contributed by atoms with van der Waals surface area (Å²) in [6.45, 7) is 2.58. The maximum atomic E-state index is 14.5. The average molecular weight is 425 g/mol. The second-order valence-electron chi connectivity index (χ2n) is 8.80. The van der Waals surface area contributed by atoms with Gasteiger partial charge in [0.1, 0.15) is 0 Å². The highest BCUT2D eigenvalue weighted by atomic mass is 19.1. The lowest BCUT2D eigenvalue weighted by atomic mass is 9.77. The van der Waals surface area contributed by atoms with Crippen molar-refractivity contribution in [2.24, 2.45) is 23.7 Å². The van der Waals surface area contributed by atoms with Crippen LogP contribution in [-0.4, -0.2) is 44.4 Å². The van der Waals surface area contributed by atoms with E-state index >= 15 is 0 Å². The Kier molecular flexibility index (Phi) is 4.75. The monoisotopic (exact) mass is 425 g/mol. The summed E-state index contributed by atoms with van der Waals surface area (Å²) in [7, 11) is 0. The second kappa shape index (κ2) is 7.47. The molecule has 5 atom stereocenters. The first kappa shape index (κ1) is 19.7. The Morgan fingerprint density at radius 2 is 2.10 bits per heavy atom. The molecule has 3 N–H and O–H groups in total. The van der Waals surface area contributed by atoms with Crippen LogP contribution in [0.2, 0.25) is 0 Å². The van der Waals surface area contributed by atoms with E-state index in [1.165, 1.54) is 0 Å². The van der Waals surface area contributed by atoms with E-state index in [2.05, 4.69) is 20.6 Å². The number of nitrogens with zero attached hydrogens (tertiary/aromatic N) is 3. The van der Waals surface area contributed by atoms with Crippen molar-refractivity contribution in [1.82, 2.24) is 14.9 Å². The van der Waals surface area contributed by atoms with Gasteiger partial charge in [-0.15, -0.1) is 0 Å². The van der Waals surface area contributed by atoms with E-state index in [1.807, 2.05) is 29.2 Å². The fraction of sp³-hybridized carbons (Fsp3) is 0.455. The first-order valence-corrected chi connectivity index (χ1v) is 10.5. The third kappa shape index (κ3) is 3.58. The molecule has 0 spiro atoms. The molecule has 1 amide bonds. The number of carbonyl (C=O) groups excluding carboxylic acids is 1. The quantitative estimate of drug-likeness (QED) is 0.645. The Morgan fingerprint density at radius 1 is 1.26 bits per heavy atom. The lowest BCUT2D eigenvalue weighted by Gasteiger charge is -2.37. The third-order valence-electron chi connectivity index (χ3n) is 6.93. The molecule has 3 aliphatic rings. The number of nitrogens with one attached hydrogen (secondary N) is 2. The largest absolute Gasteiger partial charge is 0.481 e. The Bertz CT molecular complexity index is 1050. The van der Waals surface area contributed by atoms with Crippen molar-refractivity contribution in [2.75, 3.05) is 17.2 Å². The van der Waals surface area contributed by atoms with E-state index in [1.54, 1.807) is 6.92 Å². The topological polar surface area (TPSA) is 107 Å². The maximum Gasteiger partial charge on any atom is 0.308 e. The fourth-order valence-corrected chi connectivity index (χ4v) is 5.63. The molecule has 2 aromatic rings. The zero-order chi connectivity index (χ0) is 21.7. The number of fused-ring (bicyclic) bond motifs is 5. The summed E-state index contributed by atoms with van der Waals surface area (Å²) in [5, 5.41) is 16.0. The summed E-state index contributed by atoms with van der Waals surface area (Å²) in [6, 6.07) is 7.15. The first-order valence-electron chi connectivity index (χ1n) is 10.5. The van der Waals surface area contributed by atoms with Crippen LogP contribution in [0.3, 0.4) is 0 Å². The van der Waals surface area contributed by atoms with E-state index in [4.69, 9.17) is 0 Å². The predicted octanol–water partition coefficient (Wildman–Crippen LogP) is 2.86. The molecule has 9 heteroatoms. The molecule has 162 valence electrons. The van der Waals surface area contributed by atoms with E-state index in [9.17, 15) is 19.1 Å². The SMILES string of the molecule is CC(=O)N1Cc2cccc(c2)Nc2ncc(F)c(n2)N[C@@H]2[C@@H]3C[C@@H](C[C@H]3C1)[C@@H]2C(=O)O. The van der Waals surface area contributed by atoms with Gasteiger partial charge in [-0.25, -0.2) is 9.37 Å². The summed E-state index contributed by atoms with van der Waals surface area (Å²) in [5.74, 6) is -1.76. The van der Waals surface area contributed by atoms with Crippen LogP contribution in [0.25, 0.3) is 0 Å². The van der Waals surface area contributed by atoms with Gasteiger partial charge in [0.2, 0.25) is 11.9 Å². The van der Waals surface area contributed by atoms with Crippen molar-refractivity contribution in [2.45, 2.75) is 32.4 Å². The summed E-state index contributed by atoms with van der Waals surface area (Å²) >= 11 is 0. The van der Waals surface area contributed by atoms with Gasteiger partial charge in [0, 0.05) is 31.7 Å². The molecule has 1 aromatic carbocycles. The van der Waals surface area contributed by atoms with E-state index in [-0.39, 0.29) is 35.4 Å². The highest BCUT2D eigenvalue weighted by Crippen LogP contribution is 2.53. The van der Waals surface area contributed by atoms with Crippen molar-refractivity contribution in [1.29, 1.82) is 0 Å². The molecular weight excluding hydrogens is 401 g/mol. The molecule has 0 radical (unpaired) electrons. The Labute approximate surface area is 178 Å². The molecule has 5 rings (SSSR count). The Morgan fingerprint density at radius 3 is 2.87 bits per heavy atom. The van der Waals surface area contributed by atoms with Crippen LogP contribution in [0.5, 0.6) is 0 Å². The van der Waals surface area contributed by atoms with Crippen molar-refractivity contribution >= 4 is 29.3 Å². The van der Waals surface area contributed by atoms with Crippen molar-refractivity contribution in [3.05, 3.63) is 41.8 Å². The number of aliphatic carboxylic acids is 1. The molecule has 1 aromatic heterocycles. The van der Waals surface area contributed by atoms with E-state index < -0.39 is 23.7 Å². The molecular formula is C22H24FN5O3. The molecule has 0 saturated heterocycles. The van der Waals surface area contributed by atoms with Crippen LogP contribution < -0.4 is 10.6 Å². The number of aromatic nitrogens is 2. The highest BCUT2D eigenvalue weighted by Gasteiger charge is 2.56. The number of hydrogen-bond donors (Lipinski definition) is 3. The third-order valence-corrected chi connectivity index (χ3v) is 6.93. The molecule has 2 aliphatic carbocycles. The summed E-state index contributed by atoms with van der Waals surface area (Å²) in [6.07, 6.45) is 2.59. The number of benzene rings is 1. The van der Waals surface area contributed by atoms with Crippen molar-refractivity contribution in [3.63, 3.8) is 0 Å². The minimum atomic E-state index is -0.879. The van der Waals surface area contributed by atoms with Gasteiger partial charge in [-0.1, -0.05) is 12.1 Å². The van der Waals surface area contributed by atoms with Crippen LogP contribution in [0.15, 0.2) is 30.5 Å². The van der Waals surface area contributed by atoms with Crippen molar-refractivity contribution in [3.8, 4) is 0 Å². The van der Waals surface area contributed by atoms with Gasteiger partial charge in [-0.05, 0) is 48.3 Å². The van der Waals surface area contributed by atoms with Crippen LogP contribution in [0.1, 0.15) is 25.3 Å². The predicted molar refractivity (Wildman–Crippen MR) is 111 cm³/mol. The summed E-state index contributed by atoms with van der Waals surface area (Å²) in [5.41, 5.74) is 1.68. The molecule has 8 nitrogen and oxygen atoms in total. The van der Waals surface area contributed by atoms with E-state index in [0.29, 0.717) is 13.1 Å². The fourth-order valence-electron chi connectivity index (χ4n) is 5.63. The summed E-state index contributed by atoms with van der Waals surface area (Å²) < 4.78 is 14.5. The number of hydrogen-bond acceptors (Lipinski definition) is 6. The van der Waals surface area contributed by atoms with Crippen LogP contribution in [0.4, 0.5) is 21.8 Å². The van der Waals surface area contributed by atoms with Gasteiger partial charge in [0.25, 0.3) is 0 Å². The highest BCUT2D eigenvalue weighted by molar-refractivity contribution is 5.74. The number of halogens is 1. The number of rotatable bonds is 1. The number of carboxylic acid groups (broad SMARTS) is 1. The second-order valence-corrected chi connectivity index (χ2v) is 8.80. The van der Waals surface area contributed by atoms with Gasteiger partial charge < -0.3 is 20.6 Å². The zero-order valence-corrected chi connectivity index (χ0v) is 17.1. The number of anilines is 3. The van der Waals surface area contributed by atoms with E-state index in [0.717, 1.165) is 30.3 Å². The van der Waals surface area contributed by atoms with Gasteiger partial charge in [-0.3, -0.25) is 9.59 Å². The molecule has 2 fully saturated rings. The minimum absolute atomic E-state index is 0.00228. The normalized spacial score (nSPS) is 29.0. The lowest BCUT2D eigenvalue weighted by Crippen LogP contribution is -2.46. The van der Waals surface area contributed by atoms with Crippen molar-refractivity contribution < 1.29 is 19.1 Å². The van der Waals surface area contributed by atoms with Gasteiger partial charge in [0.15, 0.2) is 11.6 Å². The van der Waals surface area contributed by atoms with Gasteiger partial charge in [0.05, 0.1) is 12.1 Å². The van der Waals surface area contributed by atoms with Gasteiger partial charge in [-0.2, -0.15) is 4.98 Å². The minimum Gasteiger partial charge on any atom is -0.481 e. The Hall–Kier alpha value is -3.23. The number of carboxylic acids is 1.